The first-order valence-corrected chi connectivity index (χ1v) is 8.58. The molecule has 21 heavy (non-hydrogen) atoms. The molecule has 2 rings (SSSR count). The molecule has 0 bridgehead atoms. The highest BCUT2D eigenvalue weighted by atomic mass is 16.3. The minimum absolute atomic E-state index is 0.136. The summed E-state index contributed by atoms with van der Waals surface area (Å²) in [7, 11) is 0. The van der Waals surface area contributed by atoms with Crippen LogP contribution < -0.4 is 5.32 Å². The second kappa shape index (κ2) is 7.10. The number of aliphatic hydroxyl groups excluding tert-OH is 1. The molecule has 0 aromatic heterocycles. The Hall–Kier alpha value is -0.610. The number of piperidine rings is 1. The molecule has 1 saturated carbocycles. The molecule has 0 aromatic rings. The molecule has 0 radical (unpaired) electrons. The van der Waals surface area contributed by atoms with Crippen LogP contribution in [-0.4, -0.2) is 47.7 Å². The van der Waals surface area contributed by atoms with E-state index >= 15 is 0 Å². The van der Waals surface area contributed by atoms with E-state index in [1.807, 2.05) is 20.8 Å². The fraction of sp³-hybridized carbons (Fsp3) is 0.941. The molecule has 3 unspecified atom stereocenters. The molecular formula is C17H32N2O2. The molecule has 0 spiro atoms. The van der Waals surface area contributed by atoms with Crippen LogP contribution in [0.3, 0.4) is 0 Å². The lowest BCUT2D eigenvalue weighted by atomic mass is 9.88. The van der Waals surface area contributed by atoms with Gasteiger partial charge in [-0.3, -0.25) is 9.69 Å². The highest BCUT2D eigenvalue weighted by Crippen LogP contribution is 2.27. The van der Waals surface area contributed by atoms with Gasteiger partial charge in [-0.25, -0.2) is 0 Å². The number of aliphatic hydroxyl groups is 1. The number of rotatable bonds is 3. The van der Waals surface area contributed by atoms with Crippen LogP contribution in [0, 0.1) is 11.3 Å². The molecule has 2 aliphatic rings. The average Bonchev–Trinajstić information content (AvgIpc) is 2.44. The summed E-state index contributed by atoms with van der Waals surface area (Å²) in [5.74, 6) is 0.663. The van der Waals surface area contributed by atoms with Gasteiger partial charge in [0, 0.05) is 24.5 Å². The summed E-state index contributed by atoms with van der Waals surface area (Å²) in [5, 5.41) is 13.3. The van der Waals surface area contributed by atoms with Gasteiger partial charge in [-0.1, -0.05) is 33.6 Å². The molecule has 2 fully saturated rings. The Labute approximate surface area is 129 Å². The summed E-state index contributed by atoms with van der Waals surface area (Å²) < 4.78 is 0. The molecule has 1 aliphatic carbocycles. The molecule has 0 aromatic carbocycles. The van der Waals surface area contributed by atoms with Crippen molar-refractivity contribution >= 4 is 5.91 Å². The van der Waals surface area contributed by atoms with Gasteiger partial charge in [0.25, 0.3) is 0 Å². The van der Waals surface area contributed by atoms with E-state index in [1.54, 1.807) is 0 Å². The molecule has 2 N–H and O–H groups in total. The van der Waals surface area contributed by atoms with E-state index in [0.29, 0.717) is 12.0 Å². The second-order valence-corrected chi connectivity index (χ2v) is 7.88. The van der Waals surface area contributed by atoms with Crippen molar-refractivity contribution in [3.63, 3.8) is 0 Å². The maximum absolute atomic E-state index is 12.0. The van der Waals surface area contributed by atoms with Crippen molar-refractivity contribution in [1.82, 2.24) is 10.2 Å². The monoisotopic (exact) mass is 296 g/mol. The average molecular weight is 296 g/mol. The van der Waals surface area contributed by atoms with Gasteiger partial charge in [0.2, 0.25) is 5.91 Å². The summed E-state index contributed by atoms with van der Waals surface area (Å²) in [5.41, 5.74) is -0.312. The van der Waals surface area contributed by atoms with Crippen molar-refractivity contribution in [2.45, 2.75) is 71.4 Å². The fourth-order valence-corrected chi connectivity index (χ4v) is 3.58. The van der Waals surface area contributed by atoms with E-state index < -0.39 is 0 Å². The maximum Gasteiger partial charge on any atom is 0.225 e. The Kier molecular flexibility index (Phi) is 5.67. The smallest absolute Gasteiger partial charge is 0.225 e. The summed E-state index contributed by atoms with van der Waals surface area (Å²) in [4.78, 5) is 14.5. The summed E-state index contributed by atoms with van der Waals surface area (Å²) in [6.45, 7) is 8.75. The Morgan fingerprint density at radius 2 is 1.90 bits per heavy atom. The van der Waals surface area contributed by atoms with Gasteiger partial charge in [-0.15, -0.1) is 0 Å². The number of hydrogen-bond acceptors (Lipinski definition) is 3. The lowest BCUT2D eigenvalue weighted by molar-refractivity contribution is -0.128. The predicted octanol–water partition coefficient (Wildman–Crippen LogP) is 2.16. The standard InChI is InChI=1S/C17H32N2O2/c1-17(2,3)16(21)18-11-13-7-6-10-19(12-13)14-8-4-5-9-15(14)20/h13-15,20H,4-12H2,1-3H3,(H,18,21). The second-order valence-electron chi connectivity index (χ2n) is 7.88. The third-order valence-corrected chi connectivity index (χ3v) is 4.95. The molecule has 4 nitrogen and oxygen atoms in total. The molecule has 1 aliphatic heterocycles. The molecule has 122 valence electrons. The summed E-state index contributed by atoms with van der Waals surface area (Å²) >= 11 is 0. The van der Waals surface area contributed by atoms with E-state index in [0.717, 1.165) is 38.9 Å². The third-order valence-electron chi connectivity index (χ3n) is 4.95. The lowest BCUT2D eigenvalue weighted by Gasteiger charge is -2.42. The van der Waals surface area contributed by atoms with Crippen LogP contribution in [0.15, 0.2) is 0 Å². The maximum atomic E-state index is 12.0. The summed E-state index contributed by atoms with van der Waals surface area (Å²) in [6.07, 6.45) is 6.69. The van der Waals surface area contributed by atoms with E-state index in [-0.39, 0.29) is 17.4 Å². The van der Waals surface area contributed by atoms with E-state index in [4.69, 9.17) is 0 Å². The van der Waals surface area contributed by atoms with Crippen molar-refractivity contribution in [2.75, 3.05) is 19.6 Å². The quantitative estimate of drug-likeness (QED) is 0.839. The van der Waals surface area contributed by atoms with Crippen LogP contribution in [0.1, 0.15) is 59.3 Å². The highest BCUT2D eigenvalue weighted by Gasteiger charge is 2.32. The van der Waals surface area contributed by atoms with Crippen molar-refractivity contribution < 1.29 is 9.90 Å². The summed E-state index contributed by atoms with van der Waals surface area (Å²) in [6, 6.07) is 0.347. The molecule has 4 heteroatoms. The number of hydrogen-bond donors (Lipinski definition) is 2. The SMILES string of the molecule is CC(C)(C)C(=O)NCC1CCCN(C2CCCCC2O)C1. The molecule has 1 amide bonds. The lowest BCUT2D eigenvalue weighted by Crippen LogP contribution is -2.51. The van der Waals surface area contributed by atoms with Gasteiger partial charge < -0.3 is 10.4 Å². The zero-order valence-corrected chi connectivity index (χ0v) is 13.9. The largest absolute Gasteiger partial charge is 0.391 e. The predicted molar refractivity (Wildman–Crippen MR) is 85.0 cm³/mol. The number of likely N-dealkylation sites (tertiary alicyclic amines) is 1. The number of amides is 1. The van der Waals surface area contributed by atoms with Crippen LogP contribution in [0.25, 0.3) is 0 Å². The third kappa shape index (κ3) is 4.68. The Balaban J connectivity index is 1.82. The molecular weight excluding hydrogens is 264 g/mol. The van der Waals surface area contributed by atoms with Crippen LogP contribution in [-0.2, 0) is 4.79 Å². The Morgan fingerprint density at radius 1 is 1.19 bits per heavy atom. The van der Waals surface area contributed by atoms with E-state index in [2.05, 4.69) is 10.2 Å². The van der Waals surface area contributed by atoms with Crippen LogP contribution in [0.5, 0.6) is 0 Å². The molecule has 1 heterocycles. The van der Waals surface area contributed by atoms with Crippen LogP contribution >= 0.6 is 0 Å². The minimum atomic E-state index is -0.312. The first-order chi connectivity index (χ1) is 9.88. The molecule has 1 saturated heterocycles. The number of carbonyl (C=O) groups is 1. The Bertz CT molecular complexity index is 351. The topological polar surface area (TPSA) is 52.6 Å². The minimum Gasteiger partial charge on any atom is -0.391 e. The normalized spacial score (nSPS) is 31.9. The zero-order chi connectivity index (χ0) is 15.5. The first-order valence-electron chi connectivity index (χ1n) is 8.58. The zero-order valence-electron chi connectivity index (χ0n) is 13.9. The van der Waals surface area contributed by atoms with Crippen molar-refractivity contribution in [1.29, 1.82) is 0 Å². The van der Waals surface area contributed by atoms with Gasteiger partial charge in [-0.2, -0.15) is 0 Å². The Morgan fingerprint density at radius 3 is 2.57 bits per heavy atom. The van der Waals surface area contributed by atoms with E-state index in [9.17, 15) is 9.90 Å². The van der Waals surface area contributed by atoms with Crippen LogP contribution in [0.2, 0.25) is 0 Å². The number of nitrogens with zero attached hydrogens (tertiary/aromatic N) is 1. The first kappa shape index (κ1) is 16.8. The van der Waals surface area contributed by atoms with Crippen molar-refractivity contribution in [3.8, 4) is 0 Å². The van der Waals surface area contributed by atoms with Gasteiger partial charge in [0.15, 0.2) is 0 Å². The van der Waals surface area contributed by atoms with Gasteiger partial charge in [-0.05, 0) is 38.1 Å². The van der Waals surface area contributed by atoms with E-state index in [1.165, 1.54) is 19.3 Å². The van der Waals surface area contributed by atoms with Gasteiger partial charge in [0.1, 0.15) is 0 Å². The number of carbonyl (C=O) groups excluding carboxylic acids is 1. The van der Waals surface area contributed by atoms with Crippen molar-refractivity contribution in [3.05, 3.63) is 0 Å². The number of nitrogens with one attached hydrogen (secondary N) is 1. The highest BCUT2D eigenvalue weighted by molar-refractivity contribution is 5.81. The fourth-order valence-electron chi connectivity index (χ4n) is 3.58. The van der Waals surface area contributed by atoms with Gasteiger partial charge in [0.05, 0.1) is 6.10 Å². The van der Waals surface area contributed by atoms with Gasteiger partial charge >= 0.3 is 0 Å². The molecule has 3 atom stereocenters. The van der Waals surface area contributed by atoms with Crippen molar-refractivity contribution in [2.24, 2.45) is 11.3 Å². The van der Waals surface area contributed by atoms with Crippen LogP contribution in [0.4, 0.5) is 0 Å².